The number of phenolic OH excluding ortho intramolecular Hbond substituents is 2. The minimum absolute atomic E-state index is 0.0657. The van der Waals surface area contributed by atoms with Gasteiger partial charge in [-0.2, -0.15) is 0 Å². The van der Waals surface area contributed by atoms with E-state index in [0.717, 1.165) is 6.07 Å². The van der Waals surface area contributed by atoms with Gasteiger partial charge in [0.2, 0.25) is 0 Å². The highest BCUT2D eigenvalue weighted by Gasteiger charge is 2.15. The van der Waals surface area contributed by atoms with Gasteiger partial charge in [-0.3, -0.25) is 0 Å². The summed E-state index contributed by atoms with van der Waals surface area (Å²) in [6.45, 7) is -0.119. The summed E-state index contributed by atoms with van der Waals surface area (Å²) in [6.07, 6.45) is 0.423. The molecule has 1 aromatic carbocycles. The van der Waals surface area contributed by atoms with Crippen LogP contribution in [0, 0.1) is 5.82 Å². The van der Waals surface area contributed by atoms with Crippen LogP contribution in [0.2, 0.25) is 5.02 Å². The first-order valence-corrected chi connectivity index (χ1v) is 4.45. The normalized spacial score (nSPS) is 10.5. The number of benzene rings is 1. The lowest BCUT2D eigenvalue weighted by molar-refractivity contribution is 0.287. The second kappa shape index (κ2) is 4.48. The third kappa shape index (κ3) is 2.08. The molecule has 0 saturated carbocycles. The van der Waals surface area contributed by atoms with Crippen molar-refractivity contribution in [2.45, 2.75) is 12.8 Å². The lowest BCUT2D eigenvalue weighted by atomic mass is 10.1. The Morgan fingerprint density at radius 2 is 2.00 bits per heavy atom. The summed E-state index contributed by atoms with van der Waals surface area (Å²) in [4.78, 5) is 0. The maximum Gasteiger partial charge on any atom is 0.163 e. The van der Waals surface area contributed by atoms with Crippen LogP contribution in [0.5, 0.6) is 11.5 Å². The Morgan fingerprint density at radius 3 is 2.57 bits per heavy atom. The Balaban J connectivity index is 3.11. The van der Waals surface area contributed by atoms with E-state index in [2.05, 4.69) is 0 Å². The van der Waals surface area contributed by atoms with Crippen molar-refractivity contribution in [3.8, 4) is 11.5 Å². The molecule has 0 amide bonds. The van der Waals surface area contributed by atoms with E-state index in [1.807, 2.05) is 0 Å². The Hall–Kier alpha value is -1.00. The summed E-state index contributed by atoms with van der Waals surface area (Å²) in [6, 6.07) is 0.939. The van der Waals surface area contributed by atoms with Gasteiger partial charge in [-0.15, -0.1) is 0 Å². The Morgan fingerprint density at radius 1 is 1.36 bits per heavy atom. The molecular formula is C9H10ClFO3. The van der Waals surface area contributed by atoms with Gasteiger partial charge in [-0.1, -0.05) is 11.6 Å². The zero-order valence-electron chi connectivity index (χ0n) is 7.30. The summed E-state index contributed by atoms with van der Waals surface area (Å²) in [5, 5.41) is 26.7. The van der Waals surface area contributed by atoms with Crippen LogP contribution in [0.1, 0.15) is 12.0 Å². The van der Waals surface area contributed by atoms with Gasteiger partial charge in [0, 0.05) is 18.2 Å². The van der Waals surface area contributed by atoms with E-state index >= 15 is 0 Å². The maximum absolute atomic E-state index is 13.3. The molecule has 0 saturated heterocycles. The predicted molar refractivity (Wildman–Crippen MR) is 50.1 cm³/mol. The molecule has 0 aliphatic rings. The molecule has 1 rings (SSSR count). The standard InChI is InChI=1S/C9H10ClFO3/c10-6-4-7(13)9(14)5(8(6)11)2-1-3-12/h4,12-14H,1-3H2. The molecule has 0 heterocycles. The van der Waals surface area contributed by atoms with Crippen LogP contribution in [0.15, 0.2) is 6.07 Å². The average Bonchev–Trinajstić information content (AvgIpc) is 2.15. The molecule has 0 aliphatic heterocycles. The van der Waals surface area contributed by atoms with E-state index in [1.54, 1.807) is 0 Å². The zero-order chi connectivity index (χ0) is 10.7. The van der Waals surface area contributed by atoms with E-state index in [0.29, 0.717) is 6.42 Å². The molecule has 78 valence electrons. The molecule has 3 N–H and O–H groups in total. The second-order valence-corrected chi connectivity index (χ2v) is 3.25. The number of phenols is 2. The van der Waals surface area contributed by atoms with Crippen LogP contribution in [0.4, 0.5) is 4.39 Å². The van der Waals surface area contributed by atoms with Crippen LogP contribution >= 0.6 is 11.6 Å². The summed E-state index contributed by atoms with van der Waals surface area (Å²) in [5.74, 6) is -1.72. The molecule has 0 spiro atoms. The maximum atomic E-state index is 13.3. The van der Waals surface area contributed by atoms with Crippen LogP contribution in [-0.4, -0.2) is 21.9 Å². The fourth-order valence-electron chi connectivity index (χ4n) is 1.14. The SMILES string of the molecule is OCCCc1c(O)c(O)cc(Cl)c1F. The number of rotatable bonds is 3. The molecule has 1 aromatic rings. The van der Waals surface area contributed by atoms with Crippen molar-refractivity contribution in [1.82, 2.24) is 0 Å². The van der Waals surface area contributed by atoms with Crippen molar-refractivity contribution in [3.63, 3.8) is 0 Å². The van der Waals surface area contributed by atoms with E-state index in [1.165, 1.54) is 0 Å². The molecular weight excluding hydrogens is 211 g/mol. The third-order valence-corrected chi connectivity index (χ3v) is 2.13. The highest BCUT2D eigenvalue weighted by molar-refractivity contribution is 6.31. The fraction of sp³-hybridized carbons (Fsp3) is 0.333. The number of halogens is 2. The number of hydrogen-bond donors (Lipinski definition) is 3. The lowest BCUT2D eigenvalue weighted by Crippen LogP contribution is -1.95. The number of aliphatic hydroxyl groups excluding tert-OH is 1. The molecule has 0 fully saturated rings. The number of aromatic hydroxyl groups is 2. The highest BCUT2D eigenvalue weighted by Crippen LogP contribution is 2.35. The van der Waals surface area contributed by atoms with Crippen molar-refractivity contribution < 1.29 is 19.7 Å². The smallest absolute Gasteiger partial charge is 0.163 e. The van der Waals surface area contributed by atoms with Gasteiger partial charge >= 0.3 is 0 Å². The summed E-state index contributed by atoms with van der Waals surface area (Å²) >= 11 is 5.46. The van der Waals surface area contributed by atoms with Crippen LogP contribution < -0.4 is 0 Å². The first-order chi connectivity index (χ1) is 6.57. The van der Waals surface area contributed by atoms with Crippen LogP contribution in [0.3, 0.4) is 0 Å². The zero-order valence-corrected chi connectivity index (χ0v) is 8.05. The average molecular weight is 221 g/mol. The first-order valence-electron chi connectivity index (χ1n) is 4.07. The molecule has 0 aromatic heterocycles. The largest absolute Gasteiger partial charge is 0.504 e. The number of hydrogen-bond acceptors (Lipinski definition) is 3. The first kappa shape index (κ1) is 11.1. The summed E-state index contributed by atoms with van der Waals surface area (Å²) < 4.78 is 13.3. The number of aliphatic hydroxyl groups is 1. The fourth-order valence-corrected chi connectivity index (χ4v) is 1.36. The molecule has 14 heavy (non-hydrogen) atoms. The monoisotopic (exact) mass is 220 g/mol. The van der Waals surface area contributed by atoms with Gasteiger partial charge in [0.25, 0.3) is 0 Å². The van der Waals surface area contributed by atoms with Gasteiger partial charge in [0.15, 0.2) is 11.5 Å². The van der Waals surface area contributed by atoms with Crippen molar-refractivity contribution in [1.29, 1.82) is 0 Å². The molecule has 0 aliphatic carbocycles. The van der Waals surface area contributed by atoms with E-state index in [9.17, 15) is 9.50 Å². The highest BCUT2D eigenvalue weighted by atomic mass is 35.5. The Bertz CT molecular complexity index is 315. The van der Waals surface area contributed by atoms with E-state index < -0.39 is 17.3 Å². The Labute approximate surface area is 85.4 Å². The van der Waals surface area contributed by atoms with Crippen molar-refractivity contribution in [3.05, 3.63) is 22.5 Å². The minimum atomic E-state index is -0.754. The van der Waals surface area contributed by atoms with E-state index in [4.69, 9.17) is 21.8 Å². The predicted octanol–water partition coefficient (Wildman–Crippen LogP) is 1.82. The molecule has 0 unspecified atom stereocenters. The lowest BCUT2D eigenvalue weighted by Gasteiger charge is -2.08. The van der Waals surface area contributed by atoms with Gasteiger partial charge in [-0.25, -0.2) is 4.39 Å². The van der Waals surface area contributed by atoms with E-state index in [-0.39, 0.29) is 23.6 Å². The van der Waals surface area contributed by atoms with Gasteiger partial charge in [0.05, 0.1) is 5.02 Å². The van der Waals surface area contributed by atoms with Gasteiger partial charge < -0.3 is 15.3 Å². The van der Waals surface area contributed by atoms with Crippen LogP contribution in [-0.2, 0) is 6.42 Å². The van der Waals surface area contributed by atoms with Crippen LogP contribution in [0.25, 0.3) is 0 Å². The Kier molecular flexibility index (Phi) is 3.55. The van der Waals surface area contributed by atoms with Gasteiger partial charge in [0.1, 0.15) is 5.82 Å². The molecule has 0 atom stereocenters. The molecule has 5 heteroatoms. The van der Waals surface area contributed by atoms with Crippen molar-refractivity contribution in [2.24, 2.45) is 0 Å². The summed E-state index contributed by atoms with van der Waals surface area (Å²) in [7, 11) is 0. The minimum Gasteiger partial charge on any atom is -0.504 e. The third-order valence-electron chi connectivity index (χ3n) is 1.85. The second-order valence-electron chi connectivity index (χ2n) is 2.85. The summed E-state index contributed by atoms with van der Waals surface area (Å²) in [5.41, 5.74) is -0.0657. The molecule has 3 nitrogen and oxygen atoms in total. The van der Waals surface area contributed by atoms with Gasteiger partial charge in [-0.05, 0) is 12.8 Å². The van der Waals surface area contributed by atoms with Crippen molar-refractivity contribution in [2.75, 3.05) is 6.61 Å². The van der Waals surface area contributed by atoms with Crippen molar-refractivity contribution >= 4 is 11.6 Å². The quantitative estimate of drug-likeness (QED) is 0.681. The molecule has 0 radical (unpaired) electrons. The topological polar surface area (TPSA) is 60.7 Å². The molecule has 0 bridgehead atoms.